The Hall–Kier alpha value is -1.43. The van der Waals surface area contributed by atoms with Crippen LogP contribution in [0.25, 0.3) is 0 Å². The van der Waals surface area contributed by atoms with Gasteiger partial charge in [-0.3, -0.25) is 14.4 Å². The highest BCUT2D eigenvalue weighted by molar-refractivity contribution is 6.33. The number of imide groups is 1. The van der Waals surface area contributed by atoms with Gasteiger partial charge in [0.15, 0.2) is 0 Å². The Balaban J connectivity index is 4.48. The van der Waals surface area contributed by atoms with Crippen molar-refractivity contribution in [3.05, 3.63) is 0 Å². The third-order valence-corrected chi connectivity index (χ3v) is 1.12. The number of amides is 2. The molecule has 0 heterocycles. The lowest BCUT2D eigenvalue weighted by Crippen LogP contribution is -2.41. The van der Waals surface area contributed by atoms with E-state index in [0.29, 0.717) is 5.06 Å². The van der Waals surface area contributed by atoms with E-state index >= 15 is 0 Å². The van der Waals surface area contributed by atoms with Crippen LogP contribution < -0.4 is 0 Å². The molecule has 86 valence electrons. The van der Waals surface area contributed by atoms with Crippen LogP contribution in [0, 0.1) is 0 Å². The van der Waals surface area contributed by atoms with Gasteiger partial charge in [0.25, 0.3) is 0 Å². The van der Waals surface area contributed by atoms with Crippen molar-refractivity contribution in [2.75, 3.05) is 6.61 Å². The van der Waals surface area contributed by atoms with Gasteiger partial charge in [0.2, 0.25) is 6.41 Å². The minimum Gasteiger partial charge on any atom is -0.459 e. The van der Waals surface area contributed by atoms with E-state index in [4.69, 9.17) is 4.84 Å². The summed E-state index contributed by atoms with van der Waals surface area (Å²) in [4.78, 5) is 37.7. The Morgan fingerprint density at radius 2 is 1.87 bits per heavy atom. The van der Waals surface area contributed by atoms with Crippen LogP contribution >= 0.6 is 0 Å². The number of ether oxygens (including phenoxy) is 1. The van der Waals surface area contributed by atoms with E-state index in [9.17, 15) is 14.4 Å². The van der Waals surface area contributed by atoms with Gasteiger partial charge in [-0.05, 0) is 27.7 Å². The van der Waals surface area contributed by atoms with Crippen molar-refractivity contribution >= 4 is 18.3 Å². The minimum atomic E-state index is -1.14. The molecule has 0 unspecified atom stereocenters. The van der Waals surface area contributed by atoms with Crippen LogP contribution in [0.3, 0.4) is 0 Å². The van der Waals surface area contributed by atoms with Gasteiger partial charge >= 0.3 is 11.9 Å². The summed E-state index contributed by atoms with van der Waals surface area (Å²) in [6.45, 7) is 6.54. The fraction of sp³-hybridized carbons (Fsp3) is 0.667. The number of rotatable bonds is 3. The van der Waals surface area contributed by atoms with Crippen LogP contribution in [0.5, 0.6) is 0 Å². The zero-order chi connectivity index (χ0) is 12.1. The van der Waals surface area contributed by atoms with Gasteiger partial charge in [0, 0.05) is 0 Å². The summed E-state index contributed by atoms with van der Waals surface area (Å²) in [5.74, 6) is -2.25. The fourth-order valence-electron chi connectivity index (χ4n) is 0.689. The highest BCUT2D eigenvalue weighted by atomic mass is 16.7. The molecule has 6 heteroatoms. The Labute approximate surface area is 88.1 Å². The van der Waals surface area contributed by atoms with Gasteiger partial charge in [-0.2, -0.15) is 0 Å². The standard InChI is InChI=1S/C9H15NO5/c1-5-14-8(13)7(12)10(6-11)15-9(2,3)4/h6H,5H2,1-4H3. The van der Waals surface area contributed by atoms with Gasteiger partial charge in [0.05, 0.1) is 12.2 Å². The van der Waals surface area contributed by atoms with Crippen LogP contribution in [0.2, 0.25) is 0 Å². The van der Waals surface area contributed by atoms with Crippen LogP contribution in [0.15, 0.2) is 0 Å². The second kappa shape index (κ2) is 5.45. The van der Waals surface area contributed by atoms with E-state index < -0.39 is 17.5 Å². The molecular formula is C9H15NO5. The Kier molecular flexibility index (Phi) is 4.93. The smallest absolute Gasteiger partial charge is 0.399 e. The van der Waals surface area contributed by atoms with E-state index in [0.717, 1.165) is 0 Å². The van der Waals surface area contributed by atoms with E-state index in [-0.39, 0.29) is 13.0 Å². The summed E-state index contributed by atoms with van der Waals surface area (Å²) >= 11 is 0. The SMILES string of the molecule is CCOC(=O)C(=O)N(C=O)OC(C)(C)C. The Morgan fingerprint density at radius 1 is 1.33 bits per heavy atom. The highest BCUT2D eigenvalue weighted by Crippen LogP contribution is 2.09. The lowest BCUT2D eigenvalue weighted by molar-refractivity contribution is -0.220. The molecule has 0 fully saturated rings. The fourth-order valence-corrected chi connectivity index (χ4v) is 0.689. The van der Waals surface area contributed by atoms with Crippen molar-refractivity contribution in [1.82, 2.24) is 5.06 Å². The number of hydrogen-bond donors (Lipinski definition) is 0. The molecule has 0 atom stereocenters. The number of nitrogens with zero attached hydrogens (tertiary/aromatic N) is 1. The molecule has 0 spiro atoms. The summed E-state index contributed by atoms with van der Waals surface area (Å²) in [6, 6.07) is 0. The average molecular weight is 217 g/mol. The summed E-state index contributed by atoms with van der Waals surface area (Å²) in [7, 11) is 0. The molecule has 0 aliphatic heterocycles. The second-order valence-corrected chi connectivity index (χ2v) is 3.66. The number of carbonyl (C=O) groups excluding carboxylic acids is 3. The van der Waals surface area contributed by atoms with E-state index in [2.05, 4.69) is 4.74 Å². The molecule has 6 nitrogen and oxygen atoms in total. The third-order valence-electron chi connectivity index (χ3n) is 1.12. The Morgan fingerprint density at radius 3 is 2.20 bits per heavy atom. The van der Waals surface area contributed by atoms with Crippen molar-refractivity contribution < 1.29 is 24.0 Å². The predicted octanol–water partition coefficient (Wildman–Crippen LogP) is 0.265. The van der Waals surface area contributed by atoms with Gasteiger partial charge in [-0.1, -0.05) is 0 Å². The lowest BCUT2D eigenvalue weighted by atomic mass is 10.2. The first kappa shape index (κ1) is 13.6. The molecular weight excluding hydrogens is 202 g/mol. The molecule has 0 aromatic carbocycles. The van der Waals surface area contributed by atoms with Crippen LogP contribution in [0.4, 0.5) is 0 Å². The summed E-state index contributed by atoms with van der Waals surface area (Å²) in [5, 5.41) is 0.331. The van der Waals surface area contributed by atoms with Crippen molar-refractivity contribution in [2.45, 2.75) is 33.3 Å². The molecule has 0 aliphatic carbocycles. The quantitative estimate of drug-likeness (QED) is 0.293. The largest absolute Gasteiger partial charge is 0.459 e. The van der Waals surface area contributed by atoms with E-state index in [1.54, 1.807) is 27.7 Å². The molecule has 0 radical (unpaired) electrons. The second-order valence-electron chi connectivity index (χ2n) is 3.66. The third kappa shape index (κ3) is 5.11. The summed E-state index contributed by atoms with van der Waals surface area (Å²) in [5.41, 5.74) is -0.747. The van der Waals surface area contributed by atoms with Crippen molar-refractivity contribution in [1.29, 1.82) is 0 Å². The maximum atomic E-state index is 11.2. The predicted molar refractivity (Wildman–Crippen MR) is 50.4 cm³/mol. The first-order valence-electron chi connectivity index (χ1n) is 4.46. The molecule has 0 rings (SSSR count). The van der Waals surface area contributed by atoms with Crippen LogP contribution in [-0.2, 0) is 24.0 Å². The molecule has 0 saturated heterocycles. The van der Waals surface area contributed by atoms with Gasteiger partial charge in [-0.15, -0.1) is 5.06 Å². The molecule has 0 aromatic rings. The summed E-state index contributed by atoms with van der Waals surface area (Å²) < 4.78 is 4.43. The Bertz CT molecular complexity index is 256. The maximum Gasteiger partial charge on any atom is 0.399 e. The molecule has 0 N–H and O–H groups in total. The molecule has 0 bridgehead atoms. The van der Waals surface area contributed by atoms with Crippen LogP contribution in [0.1, 0.15) is 27.7 Å². The first-order valence-corrected chi connectivity index (χ1v) is 4.46. The molecule has 0 aliphatic rings. The topological polar surface area (TPSA) is 72.9 Å². The van der Waals surface area contributed by atoms with Gasteiger partial charge in [0.1, 0.15) is 0 Å². The van der Waals surface area contributed by atoms with E-state index in [1.807, 2.05) is 0 Å². The number of hydroxylamine groups is 2. The normalized spacial score (nSPS) is 10.7. The number of esters is 1. The van der Waals surface area contributed by atoms with E-state index in [1.165, 1.54) is 0 Å². The molecule has 2 amide bonds. The monoisotopic (exact) mass is 217 g/mol. The first-order chi connectivity index (χ1) is 6.81. The summed E-state index contributed by atoms with van der Waals surface area (Å²) in [6.07, 6.45) is 0.129. The average Bonchev–Trinajstić information content (AvgIpc) is 2.12. The number of carbonyl (C=O) groups is 3. The minimum absolute atomic E-state index is 0.0623. The van der Waals surface area contributed by atoms with Gasteiger partial charge < -0.3 is 4.74 Å². The van der Waals surface area contributed by atoms with Gasteiger partial charge in [-0.25, -0.2) is 4.79 Å². The molecule has 0 aromatic heterocycles. The van der Waals surface area contributed by atoms with Crippen molar-refractivity contribution in [2.24, 2.45) is 0 Å². The lowest BCUT2D eigenvalue weighted by Gasteiger charge is -2.24. The van der Waals surface area contributed by atoms with Crippen molar-refractivity contribution in [3.63, 3.8) is 0 Å². The zero-order valence-electron chi connectivity index (χ0n) is 9.27. The highest BCUT2D eigenvalue weighted by Gasteiger charge is 2.27. The van der Waals surface area contributed by atoms with Crippen LogP contribution in [-0.4, -0.2) is 35.6 Å². The molecule has 15 heavy (non-hydrogen) atoms. The zero-order valence-corrected chi connectivity index (χ0v) is 9.27. The number of hydrogen-bond acceptors (Lipinski definition) is 5. The maximum absolute atomic E-state index is 11.2. The van der Waals surface area contributed by atoms with Crippen molar-refractivity contribution in [3.8, 4) is 0 Å². The molecule has 0 saturated carbocycles.